The van der Waals surface area contributed by atoms with Gasteiger partial charge in [0.15, 0.2) is 11.8 Å². The van der Waals surface area contributed by atoms with Crippen molar-refractivity contribution in [2.24, 2.45) is 0 Å². The third-order valence-electron chi connectivity index (χ3n) is 7.01. The first-order valence-corrected chi connectivity index (χ1v) is 13.0. The monoisotopic (exact) mass is 513 g/mol. The van der Waals surface area contributed by atoms with Crippen LogP contribution in [0, 0.1) is 6.92 Å². The SMILES string of the molecule is CC(=O)c1ccc(N(C(=O)Cn2nnc3ccccc32)[C@H](C(=O)NC2CCCCC2)c2ccc(C)o2)cc1. The maximum atomic E-state index is 14.0. The highest BCUT2D eigenvalue weighted by atomic mass is 16.3. The number of amides is 2. The molecule has 2 aromatic carbocycles. The first-order valence-electron chi connectivity index (χ1n) is 13.0. The number of para-hydroxylation sites is 1. The second-order valence-electron chi connectivity index (χ2n) is 9.80. The largest absolute Gasteiger partial charge is 0.464 e. The molecule has 1 aliphatic carbocycles. The number of carbonyl (C=O) groups is 3. The lowest BCUT2D eigenvalue weighted by molar-refractivity contribution is -0.128. The van der Waals surface area contributed by atoms with Gasteiger partial charge in [-0.3, -0.25) is 19.3 Å². The van der Waals surface area contributed by atoms with Crippen molar-refractivity contribution in [3.63, 3.8) is 0 Å². The number of nitrogens with one attached hydrogen (secondary N) is 1. The minimum atomic E-state index is -1.05. The first-order chi connectivity index (χ1) is 18.4. The predicted octanol–water partition coefficient (Wildman–Crippen LogP) is 4.76. The Kier molecular flexibility index (Phi) is 7.35. The van der Waals surface area contributed by atoms with Gasteiger partial charge in [0, 0.05) is 17.3 Å². The van der Waals surface area contributed by atoms with E-state index >= 15 is 0 Å². The molecule has 0 radical (unpaired) electrons. The minimum absolute atomic E-state index is 0.0473. The summed E-state index contributed by atoms with van der Waals surface area (Å²) in [5.41, 5.74) is 2.37. The quantitative estimate of drug-likeness (QED) is 0.340. The van der Waals surface area contributed by atoms with Crippen molar-refractivity contribution in [3.05, 3.63) is 77.7 Å². The van der Waals surface area contributed by atoms with E-state index in [9.17, 15) is 14.4 Å². The fraction of sp³-hybridized carbons (Fsp3) is 0.345. The third-order valence-corrected chi connectivity index (χ3v) is 7.01. The average Bonchev–Trinajstić information content (AvgIpc) is 3.53. The van der Waals surface area contributed by atoms with Crippen LogP contribution in [0.15, 0.2) is 65.1 Å². The second kappa shape index (κ2) is 11.0. The summed E-state index contributed by atoms with van der Waals surface area (Å²) in [6.07, 6.45) is 5.09. The first kappa shape index (κ1) is 25.4. The third kappa shape index (κ3) is 5.37. The minimum Gasteiger partial charge on any atom is -0.464 e. The van der Waals surface area contributed by atoms with E-state index in [1.807, 2.05) is 24.3 Å². The van der Waals surface area contributed by atoms with E-state index in [0.29, 0.717) is 33.8 Å². The fourth-order valence-corrected chi connectivity index (χ4v) is 5.03. The number of aryl methyl sites for hydroxylation is 1. The molecule has 2 heterocycles. The normalized spacial score (nSPS) is 14.8. The number of fused-ring (bicyclic) bond motifs is 1. The molecule has 0 unspecified atom stereocenters. The van der Waals surface area contributed by atoms with Gasteiger partial charge in [0.1, 0.15) is 23.6 Å². The van der Waals surface area contributed by atoms with Crippen LogP contribution < -0.4 is 10.2 Å². The summed E-state index contributed by atoms with van der Waals surface area (Å²) in [5.74, 6) is 0.241. The van der Waals surface area contributed by atoms with Gasteiger partial charge in [-0.05, 0) is 75.2 Å². The fourth-order valence-electron chi connectivity index (χ4n) is 5.03. The molecule has 1 aliphatic rings. The van der Waals surface area contributed by atoms with Crippen molar-refractivity contribution in [2.45, 2.75) is 64.6 Å². The van der Waals surface area contributed by atoms with Gasteiger partial charge >= 0.3 is 0 Å². The van der Waals surface area contributed by atoms with Crippen LogP contribution in [-0.4, -0.2) is 38.6 Å². The number of carbonyl (C=O) groups excluding carboxylic acids is 3. The number of hydrogen-bond donors (Lipinski definition) is 1. The van der Waals surface area contributed by atoms with Crippen LogP contribution in [0.25, 0.3) is 11.0 Å². The van der Waals surface area contributed by atoms with E-state index < -0.39 is 6.04 Å². The molecule has 2 aromatic heterocycles. The number of Topliss-reactive ketones (excluding diaryl/α,β-unsaturated/α-hetero) is 1. The smallest absolute Gasteiger partial charge is 0.251 e. The van der Waals surface area contributed by atoms with Gasteiger partial charge in [-0.2, -0.15) is 0 Å². The van der Waals surface area contributed by atoms with Gasteiger partial charge in [-0.25, -0.2) is 4.68 Å². The summed E-state index contributed by atoms with van der Waals surface area (Å²) in [7, 11) is 0. The highest BCUT2D eigenvalue weighted by Gasteiger charge is 2.36. The average molecular weight is 514 g/mol. The number of ketones is 1. The molecule has 1 saturated carbocycles. The molecule has 38 heavy (non-hydrogen) atoms. The summed E-state index contributed by atoms with van der Waals surface area (Å²) >= 11 is 0. The van der Waals surface area contributed by atoms with Gasteiger partial charge in [0.25, 0.3) is 5.91 Å². The van der Waals surface area contributed by atoms with Crippen LogP contribution in [-0.2, 0) is 16.1 Å². The zero-order chi connectivity index (χ0) is 26.6. The highest BCUT2D eigenvalue weighted by molar-refractivity contribution is 6.02. The molecule has 1 atom stereocenters. The van der Waals surface area contributed by atoms with E-state index in [0.717, 1.165) is 32.1 Å². The maximum Gasteiger partial charge on any atom is 0.251 e. The standard InChI is InChI=1S/C29H31N5O4/c1-19-12-17-26(38-19)28(29(37)30-22-8-4-3-5-9-22)34(23-15-13-21(14-16-23)20(2)35)27(36)18-33-25-11-7-6-10-24(25)31-32-33/h6-7,10-17,22,28H,3-5,8-9,18H2,1-2H3,(H,30,37)/t28-/m0/s1. The summed E-state index contributed by atoms with van der Waals surface area (Å²) in [6, 6.07) is 16.6. The molecule has 196 valence electrons. The van der Waals surface area contributed by atoms with E-state index in [4.69, 9.17) is 4.42 Å². The van der Waals surface area contributed by atoms with Crippen molar-refractivity contribution < 1.29 is 18.8 Å². The Hall–Kier alpha value is -4.27. The van der Waals surface area contributed by atoms with Crippen LogP contribution in [0.5, 0.6) is 0 Å². The molecule has 1 fully saturated rings. The van der Waals surface area contributed by atoms with Crippen molar-refractivity contribution in [1.29, 1.82) is 0 Å². The van der Waals surface area contributed by atoms with Gasteiger partial charge in [-0.1, -0.05) is 36.6 Å². The van der Waals surface area contributed by atoms with Crippen molar-refractivity contribution in [3.8, 4) is 0 Å². The predicted molar refractivity (Wildman–Crippen MR) is 143 cm³/mol. The van der Waals surface area contributed by atoms with Crippen molar-refractivity contribution in [1.82, 2.24) is 20.3 Å². The van der Waals surface area contributed by atoms with Crippen LogP contribution in [0.3, 0.4) is 0 Å². The van der Waals surface area contributed by atoms with Crippen molar-refractivity contribution in [2.75, 3.05) is 4.90 Å². The molecule has 0 saturated heterocycles. The lowest BCUT2D eigenvalue weighted by atomic mass is 9.95. The highest BCUT2D eigenvalue weighted by Crippen LogP contribution is 2.31. The van der Waals surface area contributed by atoms with Gasteiger partial charge in [0.2, 0.25) is 5.91 Å². The number of hydrogen-bond acceptors (Lipinski definition) is 6. The molecular formula is C29H31N5O4. The van der Waals surface area contributed by atoms with Crippen molar-refractivity contribution >= 4 is 34.3 Å². The van der Waals surface area contributed by atoms with E-state index in [-0.39, 0.29) is 30.2 Å². The maximum absolute atomic E-state index is 14.0. The van der Waals surface area contributed by atoms with Crippen LogP contribution in [0.2, 0.25) is 0 Å². The zero-order valence-electron chi connectivity index (χ0n) is 21.6. The zero-order valence-corrected chi connectivity index (χ0v) is 21.6. The summed E-state index contributed by atoms with van der Waals surface area (Å²) in [4.78, 5) is 41.3. The van der Waals surface area contributed by atoms with Gasteiger partial charge in [-0.15, -0.1) is 5.10 Å². The Morgan fingerprint density at radius 3 is 2.45 bits per heavy atom. The Morgan fingerprint density at radius 1 is 1.03 bits per heavy atom. The topological polar surface area (TPSA) is 110 Å². The summed E-state index contributed by atoms with van der Waals surface area (Å²) in [6.45, 7) is 3.15. The Labute approximate surface area is 220 Å². The Morgan fingerprint density at radius 2 is 1.76 bits per heavy atom. The van der Waals surface area contributed by atoms with Gasteiger partial charge in [0.05, 0.1) is 5.52 Å². The lowest BCUT2D eigenvalue weighted by Gasteiger charge is -2.32. The van der Waals surface area contributed by atoms with Crippen LogP contribution in [0.1, 0.15) is 66.9 Å². The number of nitrogens with zero attached hydrogens (tertiary/aromatic N) is 4. The number of anilines is 1. The molecule has 2 amide bonds. The lowest BCUT2D eigenvalue weighted by Crippen LogP contribution is -2.48. The summed E-state index contributed by atoms with van der Waals surface area (Å²) in [5, 5.41) is 11.5. The molecule has 0 aliphatic heterocycles. The molecule has 0 bridgehead atoms. The summed E-state index contributed by atoms with van der Waals surface area (Å²) < 4.78 is 7.46. The number of aromatic nitrogens is 3. The molecular weight excluding hydrogens is 482 g/mol. The molecule has 0 spiro atoms. The second-order valence-corrected chi connectivity index (χ2v) is 9.80. The number of furan rings is 1. The molecule has 9 nitrogen and oxygen atoms in total. The van der Waals surface area contributed by atoms with Crippen LogP contribution in [0.4, 0.5) is 5.69 Å². The Balaban J connectivity index is 1.55. The molecule has 4 aromatic rings. The van der Waals surface area contributed by atoms with E-state index in [1.54, 1.807) is 43.3 Å². The van der Waals surface area contributed by atoms with Crippen LogP contribution >= 0.6 is 0 Å². The van der Waals surface area contributed by atoms with Gasteiger partial charge < -0.3 is 9.73 Å². The van der Waals surface area contributed by atoms with E-state index in [1.165, 1.54) is 16.5 Å². The number of benzene rings is 2. The molecule has 5 rings (SSSR count). The Bertz CT molecular complexity index is 1450. The molecule has 1 N–H and O–H groups in total. The number of rotatable bonds is 8. The molecule has 9 heteroatoms. The van der Waals surface area contributed by atoms with E-state index in [2.05, 4.69) is 15.6 Å².